The van der Waals surface area contributed by atoms with Crippen LogP contribution in [-0.2, 0) is 4.79 Å². The zero-order valence-electron chi connectivity index (χ0n) is 17.9. The molecule has 2 aliphatic rings. The molecule has 174 valence electrons. The smallest absolute Gasteiger partial charge is 0.236 e. The van der Waals surface area contributed by atoms with Crippen LogP contribution in [0.5, 0.6) is 23.0 Å². The fourth-order valence-electron chi connectivity index (χ4n) is 4.16. The number of ketones is 2. The maximum absolute atomic E-state index is 13.5. The van der Waals surface area contributed by atoms with Gasteiger partial charge in [-0.05, 0) is 12.5 Å². The molecule has 0 aromatic heterocycles. The standard InChI is InChI=1S/C22H21ClN2O8/c1-10-6-11(24-13-5-4-12(25(29)30)8-14(13)26)7-17(27)22(10)21(28)18-15(31-2)9-16(32-3)19(23)20(18)33-22/h4-5,7-10,24-26,29H,6H2,1-3H3/t10-,22+/m1/s1. The monoisotopic (exact) mass is 476 g/mol. The maximum atomic E-state index is 13.5. The van der Waals surface area contributed by atoms with Gasteiger partial charge in [0.2, 0.25) is 17.2 Å². The predicted octanol–water partition coefficient (Wildman–Crippen LogP) is 2.38. The maximum Gasteiger partial charge on any atom is 0.236 e. The molecule has 1 unspecified atom stereocenters. The van der Waals surface area contributed by atoms with E-state index in [1.807, 2.05) is 0 Å². The Balaban J connectivity index is 1.69. The number of carbonyl (C=O) groups is 2. The third-order valence-electron chi connectivity index (χ3n) is 5.85. The number of carbonyl (C=O) groups excluding carboxylic acids is 2. The molecule has 2 aromatic carbocycles. The van der Waals surface area contributed by atoms with Crippen LogP contribution in [0.4, 0.5) is 11.4 Å². The molecule has 33 heavy (non-hydrogen) atoms. The van der Waals surface area contributed by atoms with E-state index in [1.54, 1.807) is 6.92 Å². The first-order valence-corrected chi connectivity index (χ1v) is 10.3. The van der Waals surface area contributed by atoms with Crippen LogP contribution < -0.4 is 24.8 Å². The van der Waals surface area contributed by atoms with Gasteiger partial charge in [0.15, 0.2) is 11.4 Å². The van der Waals surface area contributed by atoms with Crippen LogP contribution >= 0.6 is 11.6 Å². The highest BCUT2D eigenvalue weighted by Crippen LogP contribution is 2.53. The van der Waals surface area contributed by atoms with Crippen molar-refractivity contribution in [2.75, 3.05) is 19.5 Å². The van der Waals surface area contributed by atoms with E-state index in [9.17, 15) is 19.9 Å². The molecule has 3 atom stereocenters. The van der Waals surface area contributed by atoms with Gasteiger partial charge in [-0.15, -0.1) is 0 Å². The summed E-state index contributed by atoms with van der Waals surface area (Å²) >= 11 is 6.37. The minimum absolute atomic E-state index is 0.0322. The summed E-state index contributed by atoms with van der Waals surface area (Å²) in [5.74, 6) is -1.59. The second-order valence-electron chi connectivity index (χ2n) is 7.77. The number of allylic oxidation sites excluding steroid dienone is 1. The minimum atomic E-state index is -1.81. The molecule has 1 aliphatic carbocycles. The van der Waals surface area contributed by atoms with Crippen molar-refractivity contribution in [2.24, 2.45) is 5.92 Å². The van der Waals surface area contributed by atoms with Crippen LogP contribution in [0.2, 0.25) is 5.02 Å². The van der Waals surface area contributed by atoms with Gasteiger partial charge in [0, 0.05) is 35.9 Å². The Hall–Kier alpha value is -3.31. The SMILES string of the molecule is COc1cc(OC)c2c(c1Cl)O[C@@]1(C(=O)C=C(Nc3ccc([NH+]([O-])O)cc3O)C[C@H]1C)C2=O. The largest absolute Gasteiger partial charge is 0.595 e. The highest BCUT2D eigenvalue weighted by molar-refractivity contribution is 6.36. The van der Waals surface area contributed by atoms with Gasteiger partial charge in [-0.25, -0.2) is 5.21 Å². The molecule has 0 radical (unpaired) electrons. The molecule has 1 spiro atoms. The lowest BCUT2D eigenvalue weighted by Crippen LogP contribution is -2.99. The number of methoxy groups -OCH3 is 2. The van der Waals surface area contributed by atoms with Gasteiger partial charge in [0.1, 0.15) is 27.8 Å². The van der Waals surface area contributed by atoms with Crippen LogP contribution in [-0.4, -0.2) is 41.7 Å². The number of aromatic hydroxyl groups is 1. The van der Waals surface area contributed by atoms with Crippen molar-refractivity contribution in [1.82, 2.24) is 0 Å². The van der Waals surface area contributed by atoms with Crippen LogP contribution in [0, 0.1) is 11.1 Å². The van der Waals surface area contributed by atoms with Gasteiger partial charge >= 0.3 is 0 Å². The number of quaternary nitrogens is 1. The Morgan fingerprint density at radius 2 is 1.94 bits per heavy atom. The lowest BCUT2D eigenvalue weighted by molar-refractivity contribution is -0.991. The van der Waals surface area contributed by atoms with Crippen molar-refractivity contribution in [1.29, 1.82) is 0 Å². The number of benzene rings is 2. The quantitative estimate of drug-likeness (QED) is 0.290. The van der Waals surface area contributed by atoms with E-state index < -0.39 is 28.3 Å². The number of ether oxygens (including phenoxy) is 3. The summed E-state index contributed by atoms with van der Waals surface area (Å²) in [4.78, 5) is 26.8. The molecule has 0 bridgehead atoms. The molecule has 4 rings (SSSR count). The molecule has 1 aliphatic heterocycles. The summed E-state index contributed by atoms with van der Waals surface area (Å²) in [6, 6.07) is 5.28. The third-order valence-corrected chi connectivity index (χ3v) is 6.21. The van der Waals surface area contributed by atoms with Gasteiger partial charge in [-0.3, -0.25) is 9.59 Å². The van der Waals surface area contributed by atoms with E-state index >= 15 is 0 Å². The fourth-order valence-corrected chi connectivity index (χ4v) is 4.42. The highest BCUT2D eigenvalue weighted by atomic mass is 35.5. The normalized spacial score (nSPS) is 22.5. The Morgan fingerprint density at radius 3 is 2.52 bits per heavy atom. The average Bonchev–Trinajstić information content (AvgIpc) is 3.09. The Kier molecular flexibility index (Phi) is 5.71. The Morgan fingerprint density at radius 1 is 1.24 bits per heavy atom. The molecule has 0 saturated heterocycles. The average molecular weight is 477 g/mol. The van der Waals surface area contributed by atoms with Crippen LogP contribution in [0.3, 0.4) is 0 Å². The summed E-state index contributed by atoms with van der Waals surface area (Å²) < 4.78 is 16.5. The van der Waals surface area contributed by atoms with Gasteiger partial charge < -0.3 is 29.8 Å². The summed E-state index contributed by atoms with van der Waals surface area (Å²) in [5.41, 5.74) is -1.16. The van der Waals surface area contributed by atoms with Crippen LogP contribution in [0.25, 0.3) is 0 Å². The molecule has 4 N–H and O–H groups in total. The molecular weight excluding hydrogens is 456 g/mol. The van der Waals surface area contributed by atoms with E-state index in [0.29, 0.717) is 5.70 Å². The number of Topliss-reactive ketones (excluding diaryl/α,β-unsaturated/α-hetero) is 1. The Bertz CT molecular complexity index is 1200. The first kappa shape index (κ1) is 22.9. The van der Waals surface area contributed by atoms with E-state index in [4.69, 9.17) is 31.0 Å². The summed E-state index contributed by atoms with van der Waals surface area (Å²) in [7, 11) is 2.80. The zero-order chi connectivity index (χ0) is 24.1. The number of hydrogen-bond donors (Lipinski definition) is 4. The summed E-state index contributed by atoms with van der Waals surface area (Å²) in [5, 5.41) is 32.1. The van der Waals surface area contributed by atoms with Crippen molar-refractivity contribution in [3.8, 4) is 23.0 Å². The van der Waals surface area contributed by atoms with Gasteiger partial charge in [0.25, 0.3) is 0 Å². The predicted molar refractivity (Wildman–Crippen MR) is 117 cm³/mol. The highest BCUT2D eigenvalue weighted by Gasteiger charge is 2.60. The lowest BCUT2D eigenvalue weighted by Gasteiger charge is -2.35. The number of phenolic OH excluding ortho intramolecular Hbond substituents is 1. The molecule has 0 fully saturated rings. The number of halogens is 1. The molecule has 0 amide bonds. The summed E-state index contributed by atoms with van der Waals surface area (Å²) in [6.45, 7) is 1.70. The number of phenols is 1. The molecule has 1 heterocycles. The minimum Gasteiger partial charge on any atom is -0.595 e. The van der Waals surface area contributed by atoms with Gasteiger partial charge in [0.05, 0.1) is 19.9 Å². The Labute approximate surface area is 193 Å². The van der Waals surface area contributed by atoms with E-state index in [2.05, 4.69) is 5.32 Å². The number of anilines is 1. The van der Waals surface area contributed by atoms with E-state index in [0.717, 1.165) is 6.07 Å². The number of nitrogens with one attached hydrogen (secondary N) is 2. The second-order valence-corrected chi connectivity index (χ2v) is 8.15. The lowest BCUT2D eigenvalue weighted by atomic mass is 9.74. The van der Waals surface area contributed by atoms with E-state index in [1.165, 1.54) is 38.5 Å². The van der Waals surface area contributed by atoms with Crippen LogP contribution in [0.1, 0.15) is 23.7 Å². The molecule has 11 heteroatoms. The van der Waals surface area contributed by atoms with Crippen molar-refractivity contribution in [3.63, 3.8) is 0 Å². The third kappa shape index (κ3) is 3.47. The topological polar surface area (TPSA) is 142 Å². The number of rotatable bonds is 5. The molecule has 10 nitrogen and oxygen atoms in total. The molecule has 0 saturated carbocycles. The van der Waals surface area contributed by atoms with Crippen molar-refractivity contribution in [2.45, 2.75) is 18.9 Å². The molecular formula is C22H21ClN2O8. The summed E-state index contributed by atoms with van der Waals surface area (Å²) in [6.07, 6.45) is 1.47. The van der Waals surface area contributed by atoms with Gasteiger partial charge in [-0.1, -0.05) is 18.5 Å². The fraction of sp³-hybridized carbons (Fsp3) is 0.273. The van der Waals surface area contributed by atoms with Crippen molar-refractivity contribution < 1.29 is 39.3 Å². The second kappa shape index (κ2) is 8.23. The van der Waals surface area contributed by atoms with E-state index in [-0.39, 0.29) is 51.4 Å². The molecule has 2 aromatic rings. The van der Waals surface area contributed by atoms with Crippen molar-refractivity contribution in [3.05, 3.63) is 51.8 Å². The van der Waals surface area contributed by atoms with Gasteiger partial charge in [-0.2, -0.15) is 5.23 Å². The first-order chi connectivity index (χ1) is 15.6. The zero-order valence-corrected chi connectivity index (χ0v) is 18.6. The first-order valence-electron chi connectivity index (χ1n) is 9.90. The van der Waals surface area contributed by atoms with Crippen molar-refractivity contribution >= 4 is 34.5 Å². The van der Waals surface area contributed by atoms with Crippen LogP contribution in [0.15, 0.2) is 36.0 Å². The number of fused-ring (bicyclic) bond motifs is 1. The number of hydrogen-bond acceptors (Lipinski definition) is 9.